The van der Waals surface area contributed by atoms with Crippen molar-refractivity contribution in [2.75, 3.05) is 26.2 Å². The topological polar surface area (TPSA) is 108 Å². The minimum atomic E-state index is -1.59. The average Bonchev–Trinajstić information content (AvgIpc) is 3.15. The van der Waals surface area contributed by atoms with Gasteiger partial charge in [0.2, 0.25) is 5.91 Å². The quantitative estimate of drug-likeness (QED) is 0.512. The number of carbonyl (C=O) groups is 4. The van der Waals surface area contributed by atoms with E-state index in [-0.39, 0.29) is 29.5 Å². The van der Waals surface area contributed by atoms with Crippen molar-refractivity contribution in [3.63, 3.8) is 0 Å². The van der Waals surface area contributed by atoms with Gasteiger partial charge in [0.25, 0.3) is 11.8 Å². The van der Waals surface area contributed by atoms with Gasteiger partial charge in [0.15, 0.2) is 11.6 Å². The first-order valence-corrected chi connectivity index (χ1v) is 11.3. The molecule has 0 radical (unpaired) electrons. The van der Waals surface area contributed by atoms with Gasteiger partial charge >= 0.3 is 6.03 Å². The molecular weight excluding hydrogens is 455 g/mol. The maximum atomic E-state index is 13.9. The van der Waals surface area contributed by atoms with Crippen LogP contribution >= 0.6 is 0 Å². The van der Waals surface area contributed by atoms with Gasteiger partial charge in [0.05, 0.1) is 0 Å². The standard InChI is InChI=1S/C25H23FN4O5/c26-17-7-8-19-18(14-17)25(23(33)27-24(34)28-25)15-20(35-19)22(32)30-12-10-29(11-13-30)21(31)9-6-16-4-2-1-3-5-16/h1-9,14,20H,10-13,15H2,(H2,27,28,33,34)/t20-,25-/m1/s1. The van der Waals surface area contributed by atoms with Crippen molar-refractivity contribution in [3.8, 4) is 5.75 Å². The predicted octanol–water partition coefficient (Wildman–Crippen LogP) is 1.40. The van der Waals surface area contributed by atoms with Crippen LogP contribution in [-0.2, 0) is 19.9 Å². The van der Waals surface area contributed by atoms with Crippen LogP contribution in [0.1, 0.15) is 17.5 Å². The van der Waals surface area contributed by atoms with Crippen molar-refractivity contribution in [2.24, 2.45) is 0 Å². The van der Waals surface area contributed by atoms with Crippen LogP contribution in [0, 0.1) is 5.82 Å². The van der Waals surface area contributed by atoms with Gasteiger partial charge in [0, 0.05) is 44.2 Å². The van der Waals surface area contributed by atoms with Crippen LogP contribution in [0.3, 0.4) is 0 Å². The first kappa shape index (κ1) is 22.6. The highest BCUT2D eigenvalue weighted by atomic mass is 19.1. The number of piperazine rings is 1. The second-order valence-electron chi connectivity index (χ2n) is 8.66. The van der Waals surface area contributed by atoms with Gasteiger partial charge in [-0.05, 0) is 29.8 Å². The number of hydrogen-bond donors (Lipinski definition) is 2. The van der Waals surface area contributed by atoms with Gasteiger partial charge in [-0.25, -0.2) is 9.18 Å². The highest BCUT2D eigenvalue weighted by molar-refractivity contribution is 6.08. The number of rotatable bonds is 3. The van der Waals surface area contributed by atoms with Gasteiger partial charge in [-0.3, -0.25) is 19.7 Å². The van der Waals surface area contributed by atoms with Crippen molar-refractivity contribution in [1.29, 1.82) is 0 Å². The highest BCUT2D eigenvalue weighted by Gasteiger charge is 2.55. The Labute approximate surface area is 200 Å². The Balaban J connectivity index is 1.27. The second-order valence-corrected chi connectivity index (χ2v) is 8.66. The molecule has 2 N–H and O–H groups in total. The Hall–Kier alpha value is -4.21. The molecule has 0 aromatic heterocycles. The molecule has 2 aromatic rings. The summed E-state index contributed by atoms with van der Waals surface area (Å²) in [5.74, 6) is -1.59. The van der Waals surface area contributed by atoms with Crippen LogP contribution in [0.5, 0.6) is 5.75 Å². The van der Waals surface area contributed by atoms with E-state index in [1.807, 2.05) is 30.3 Å². The Morgan fingerprint density at radius 3 is 2.43 bits per heavy atom. The summed E-state index contributed by atoms with van der Waals surface area (Å²) in [6.45, 7) is 1.29. The van der Waals surface area contributed by atoms with Gasteiger partial charge in [0.1, 0.15) is 11.6 Å². The molecule has 2 saturated heterocycles. The van der Waals surface area contributed by atoms with Crippen LogP contribution in [-0.4, -0.2) is 65.8 Å². The second kappa shape index (κ2) is 8.86. The van der Waals surface area contributed by atoms with Gasteiger partial charge in [-0.2, -0.15) is 0 Å². The summed E-state index contributed by atoms with van der Waals surface area (Å²) in [5, 5.41) is 4.74. The third-order valence-corrected chi connectivity index (χ3v) is 6.50. The summed E-state index contributed by atoms with van der Waals surface area (Å²) in [6.07, 6.45) is 2.03. The van der Waals surface area contributed by atoms with E-state index in [0.29, 0.717) is 26.2 Å². The van der Waals surface area contributed by atoms with E-state index in [1.54, 1.807) is 15.9 Å². The first-order chi connectivity index (χ1) is 16.9. The lowest BCUT2D eigenvalue weighted by atomic mass is 9.81. The number of nitrogens with zero attached hydrogens (tertiary/aromatic N) is 2. The van der Waals surface area contributed by atoms with Crippen LogP contribution < -0.4 is 15.4 Å². The lowest BCUT2D eigenvalue weighted by molar-refractivity contribution is -0.145. The third-order valence-electron chi connectivity index (χ3n) is 6.50. The predicted molar refractivity (Wildman–Crippen MR) is 122 cm³/mol. The summed E-state index contributed by atoms with van der Waals surface area (Å²) in [6, 6.07) is 12.4. The van der Waals surface area contributed by atoms with Crippen molar-refractivity contribution < 1.29 is 28.3 Å². The summed E-state index contributed by atoms with van der Waals surface area (Å²) >= 11 is 0. The number of nitrogens with one attached hydrogen (secondary N) is 2. The van der Waals surface area contributed by atoms with E-state index in [1.165, 1.54) is 18.2 Å². The molecule has 0 bridgehead atoms. The van der Waals surface area contributed by atoms with E-state index in [4.69, 9.17) is 4.74 Å². The number of imide groups is 1. The Morgan fingerprint density at radius 2 is 1.74 bits per heavy atom. The summed E-state index contributed by atoms with van der Waals surface area (Å²) < 4.78 is 19.8. The van der Waals surface area contributed by atoms with Crippen LogP contribution in [0.2, 0.25) is 0 Å². The van der Waals surface area contributed by atoms with E-state index in [2.05, 4.69) is 10.6 Å². The molecule has 2 aromatic carbocycles. The number of urea groups is 1. The van der Waals surface area contributed by atoms with Gasteiger partial charge in [-0.1, -0.05) is 30.3 Å². The first-order valence-electron chi connectivity index (χ1n) is 11.3. The van der Waals surface area contributed by atoms with Crippen molar-refractivity contribution >= 4 is 29.8 Å². The summed E-state index contributed by atoms with van der Waals surface area (Å²) in [4.78, 5) is 53.7. The molecule has 5 rings (SSSR count). The van der Waals surface area contributed by atoms with Crippen LogP contribution in [0.4, 0.5) is 9.18 Å². The molecule has 2 atom stereocenters. The van der Waals surface area contributed by atoms with Crippen molar-refractivity contribution in [3.05, 3.63) is 71.6 Å². The molecule has 0 unspecified atom stereocenters. The van der Waals surface area contributed by atoms with Gasteiger partial charge < -0.3 is 19.9 Å². The molecule has 35 heavy (non-hydrogen) atoms. The Bertz CT molecular complexity index is 1230. The third kappa shape index (κ3) is 4.23. The number of benzene rings is 2. The molecule has 10 heteroatoms. The number of ether oxygens (including phenoxy) is 1. The van der Waals surface area contributed by atoms with E-state index >= 15 is 0 Å². The number of amides is 5. The molecule has 180 valence electrons. The lowest BCUT2D eigenvalue weighted by Gasteiger charge is -2.40. The lowest BCUT2D eigenvalue weighted by Crippen LogP contribution is -2.57. The summed E-state index contributed by atoms with van der Waals surface area (Å²) in [5.41, 5.74) is -0.501. The molecular formula is C25H23FN4O5. The fourth-order valence-corrected chi connectivity index (χ4v) is 4.67. The average molecular weight is 478 g/mol. The molecule has 9 nitrogen and oxygen atoms in total. The molecule has 3 heterocycles. The Kier molecular flexibility index (Phi) is 5.72. The molecule has 3 aliphatic heterocycles. The molecule has 2 fully saturated rings. The SMILES string of the molecule is O=C1NC(=O)[C@]2(C[C@H](C(=O)N3CCN(C(=O)C=Cc4ccccc4)CC3)Oc3ccc(F)cc32)N1. The fraction of sp³-hybridized carbons (Fsp3) is 0.280. The highest BCUT2D eigenvalue weighted by Crippen LogP contribution is 2.42. The molecule has 3 aliphatic rings. The zero-order valence-corrected chi connectivity index (χ0v) is 18.7. The van der Waals surface area contributed by atoms with Gasteiger partial charge in [-0.15, -0.1) is 0 Å². The molecule has 5 amide bonds. The maximum Gasteiger partial charge on any atom is 0.322 e. The number of halogens is 1. The van der Waals surface area contributed by atoms with Crippen LogP contribution in [0.15, 0.2) is 54.6 Å². The normalized spacial score (nSPS) is 23.6. The van der Waals surface area contributed by atoms with Crippen molar-refractivity contribution in [2.45, 2.75) is 18.1 Å². The van der Waals surface area contributed by atoms with Crippen LogP contribution in [0.25, 0.3) is 6.08 Å². The van der Waals surface area contributed by atoms with E-state index in [0.717, 1.165) is 11.6 Å². The van der Waals surface area contributed by atoms with Crippen molar-refractivity contribution in [1.82, 2.24) is 20.4 Å². The maximum absolute atomic E-state index is 13.9. The Morgan fingerprint density at radius 1 is 1.03 bits per heavy atom. The molecule has 0 aliphatic carbocycles. The monoisotopic (exact) mass is 478 g/mol. The minimum Gasteiger partial charge on any atom is -0.480 e. The zero-order chi connectivity index (χ0) is 24.6. The summed E-state index contributed by atoms with van der Waals surface area (Å²) in [7, 11) is 0. The smallest absolute Gasteiger partial charge is 0.322 e. The van der Waals surface area contributed by atoms with E-state index in [9.17, 15) is 23.6 Å². The van der Waals surface area contributed by atoms with E-state index < -0.39 is 29.4 Å². The number of hydrogen-bond acceptors (Lipinski definition) is 5. The number of fused-ring (bicyclic) bond motifs is 2. The molecule has 0 saturated carbocycles. The number of carbonyl (C=O) groups excluding carboxylic acids is 4. The molecule has 1 spiro atoms. The fourth-order valence-electron chi connectivity index (χ4n) is 4.67. The largest absolute Gasteiger partial charge is 0.480 e. The minimum absolute atomic E-state index is 0.143. The zero-order valence-electron chi connectivity index (χ0n) is 18.7.